The number of hydrogen-bond donors (Lipinski definition) is 0. The maximum Gasteiger partial charge on any atom is 0.159 e. The average molecular weight is 505 g/mol. The van der Waals surface area contributed by atoms with Crippen LogP contribution in [0.3, 0.4) is 0 Å². The third-order valence-electron chi connectivity index (χ3n) is 7.12. The number of hydrogen-bond acceptors (Lipinski definition) is 4. The minimum Gasteiger partial charge on any atom is -0.493 e. The van der Waals surface area contributed by atoms with Crippen LogP contribution in [0.15, 0.2) is 60.0 Å². The second kappa shape index (κ2) is 17.0. The number of aromatic nitrogens is 2. The number of allylic oxidation sites excluding steroid dienone is 4. The highest BCUT2D eigenvalue weighted by atomic mass is 16.5. The summed E-state index contributed by atoms with van der Waals surface area (Å²) >= 11 is 0. The second-order valence-corrected chi connectivity index (χ2v) is 10.7. The Morgan fingerprint density at radius 1 is 0.892 bits per heavy atom. The fourth-order valence-electron chi connectivity index (χ4n) is 4.75. The number of rotatable bonds is 17. The Hall–Kier alpha value is -2.62. The highest BCUT2D eigenvalue weighted by molar-refractivity contribution is 5.56. The monoisotopic (exact) mass is 504 g/mol. The van der Waals surface area contributed by atoms with Crippen LogP contribution in [-0.4, -0.2) is 23.2 Å². The molecule has 0 aliphatic heterocycles. The molecule has 1 aliphatic carbocycles. The van der Waals surface area contributed by atoms with Crippen molar-refractivity contribution in [2.75, 3.05) is 13.2 Å². The molecule has 1 aromatic heterocycles. The van der Waals surface area contributed by atoms with Gasteiger partial charge in [-0.15, -0.1) is 0 Å². The summed E-state index contributed by atoms with van der Waals surface area (Å²) in [5, 5.41) is 0. The van der Waals surface area contributed by atoms with Crippen molar-refractivity contribution >= 4 is 0 Å². The molecule has 37 heavy (non-hydrogen) atoms. The summed E-state index contributed by atoms with van der Waals surface area (Å²) in [5.41, 5.74) is 4.02. The molecule has 4 heteroatoms. The Labute approximate surface area is 225 Å². The largest absolute Gasteiger partial charge is 0.493 e. The molecule has 0 radical (unpaired) electrons. The minimum atomic E-state index is 0.605. The van der Waals surface area contributed by atoms with E-state index in [0.29, 0.717) is 11.7 Å². The van der Waals surface area contributed by atoms with Gasteiger partial charge in [0.25, 0.3) is 0 Å². The summed E-state index contributed by atoms with van der Waals surface area (Å²) in [5.74, 6) is 2.97. The van der Waals surface area contributed by atoms with Gasteiger partial charge in [0, 0.05) is 5.56 Å². The van der Waals surface area contributed by atoms with Crippen molar-refractivity contribution in [1.29, 1.82) is 0 Å². The lowest BCUT2D eigenvalue weighted by Crippen LogP contribution is -2.14. The highest BCUT2D eigenvalue weighted by Gasteiger charge is 2.15. The van der Waals surface area contributed by atoms with E-state index in [1.54, 1.807) is 18.0 Å². The topological polar surface area (TPSA) is 44.2 Å². The first-order valence-electron chi connectivity index (χ1n) is 14.6. The van der Waals surface area contributed by atoms with Crippen molar-refractivity contribution in [3.05, 3.63) is 60.0 Å². The van der Waals surface area contributed by atoms with Gasteiger partial charge >= 0.3 is 0 Å². The highest BCUT2D eigenvalue weighted by Crippen LogP contribution is 2.28. The summed E-state index contributed by atoms with van der Waals surface area (Å²) in [7, 11) is 0. The summed E-state index contributed by atoms with van der Waals surface area (Å²) in [6.45, 7) is 8.12. The molecule has 1 atom stereocenters. The lowest BCUT2D eigenvalue weighted by molar-refractivity contribution is 0.237. The molecular weight excluding hydrogens is 456 g/mol. The van der Waals surface area contributed by atoms with Gasteiger partial charge in [0.1, 0.15) is 5.75 Å². The Bertz CT molecular complexity index is 943. The third kappa shape index (κ3) is 11.5. The molecule has 1 unspecified atom stereocenters. The second-order valence-electron chi connectivity index (χ2n) is 10.7. The predicted molar refractivity (Wildman–Crippen MR) is 155 cm³/mol. The molecular formula is C33H48N2O2. The number of unbranched alkanes of at least 4 members (excludes halogenated alkanes) is 7. The maximum absolute atomic E-state index is 6.10. The van der Waals surface area contributed by atoms with Gasteiger partial charge in [-0.2, -0.15) is 0 Å². The molecule has 1 aromatic carbocycles. The summed E-state index contributed by atoms with van der Waals surface area (Å²) in [6, 6.07) is 8.12. The molecule has 1 heterocycles. The van der Waals surface area contributed by atoms with Gasteiger partial charge in [-0.1, -0.05) is 75.2 Å². The van der Waals surface area contributed by atoms with Crippen LogP contribution in [0.25, 0.3) is 11.4 Å². The lowest BCUT2D eigenvalue weighted by atomic mass is 9.88. The quantitative estimate of drug-likeness (QED) is 0.159. The maximum atomic E-state index is 6.10. The molecule has 1 aliphatic rings. The SMILES string of the molecule is CCCCCCCCCCOc1cnc(-c2ccc(OCC3CC=C(CCC=C(C)C)CC3)cc2)nc1. The molecule has 2 aromatic rings. The number of nitrogens with zero attached hydrogens (tertiary/aromatic N) is 2. The van der Waals surface area contributed by atoms with E-state index < -0.39 is 0 Å². The molecule has 0 amide bonds. The standard InChI is InChI=1S/C33H48N2O2/c1-4-5-6-7-8-9-10-11-23-36-32-24-34-33(35-25-32)30-19-21-31(22-20-30)37-26-29-17-15-28(16-18-29)14-12-13-27(2)3/h13,15,19-22,24-25,29H,4-12,14,16-18,23,26H2,1-3H3. The van der Waals surface area contributed by atoms with Crippen LogP contribution >= 0.6 is 0 Å². The van der Waals surface area contributed by atoms with Crippen LogP contribution in [0.4, 0.5) is 0 Å². The van der Waals surface area contributed by atoms with E-state index in [1.807, 2.05) is 24.3 Å². The number of benzene rings is 1. The summed E-state index contributed by atoms with van der Waals surface area (Å²) < 4.78 is 11.9. The molecule has 0 saturated carbocycles. The van der Waals surface area contributed by atoms with E-state index in [-0.39, 0.29) is 0 Å². The number of ether oxygens (including phenoxy) is 2. The third-order valence-corrected chi connectivity index (χ3v) is 7.12. The van der Waals surface area contributed by atoms with Crippen LogP contribution in [0.2, 0.25) is 0 Å². The molecule has 0 fully saturated rings. The van der Waals surface area contributed by atoms with E-state index in [4.69, 9.17) is 9.47 Å². The molecule has 202 valence electrons. The zero-order valence-corrected chi connectivity index (χ0v) is 23.5. The first-order chi connectivity index (χ1) is 18.1. The Morgan fingerprint density at radius 2 is 1.59 bits per heavy atom. The van der Waals surface area contributed by atoms with E-state index in [2.05, 4.69) is 42.9 Å². The van der Waals surface area contributed by atoms with Crippen LogP contribution in [0, 0.1) is 5.92 Å². The van der Waals surface area contributed by atoms with Crippen LogP contribution in [-0.2, 0) is 0 Å². The molecule has 0 bridgehead atoms. The Morgan fingerprint density at radius 3 is 2.24 bits per heavy atom. The normalized spacial score (nSPS) is 15.2. The zero-order valence-electron chi connectivity index (χ0n) is 23.5. The summed E-state index contributed by atoms with van der Waals surface area (Å²) in [6.07, 6.45) is 24.7. The smallest absolute Gasteiger partial charge is 0.159 e. The van der Waals surface area contributed by atoms with E-state index >= 15 is 0 Å². The zero-order chi connectivity index (χ0) is 26.1. The van der Waals surface area contributed by atoms with Crippen molar-refractivity contribution in [2.24, 2.45) is 5.92 Å². The van der Waals surface area contributed by atoms with Crippen molar-refractivity contribution in [2.45, 2.75) is 104 Å². The summed E-state index contributed by atoms with van der Waals surface area (Å²) in [4.78, 5) is 9.01. The van der Waals surface area contributed by atoms with Gasteiger partial charge in [-0.3, -0.25) is 0 Å². The van der Waals surface area contributed by atoms with Crippen LogP contribution < -0.4 is 9.47 Å². The van der Waals surface area contributed by atoms with Gasteiger partial charge in [0.2, 0.25) is 0 Å². The van der Waals surface area contributed by atoms with E-state index in [9.17, 15) is 0 Å². The van der Waals surface area contributed by atoms with Crippen LogP contribution in [0.5, 0.6) is 11.5 Å². The molecule has 4 nitrogen and oxygen atoms in total. The molecule has 0 spiro atoms. The molecule has 3 rings (SSSR count). The van der Waals surface area contributed by atoms with Gasteiger partial charge < -0.3 is 9.47 Å². The van der Waals surface area contributed by atoms with Crippen LogP contribution in [0.1, 0.15) is 104 Å². The van der Waals surface area contributed by atoms with Gasteiger partial charge in [-0.05, 0) is 82.6 Å². The van der Waals surface area contributed by atoms with Crippen molar-refractivity contribution in [3.63, 3.8) is 0 Å². The van der Waals surface area contributed by atoms with Gasteiger partial charge in [0.05, 0.1) is 25.6 Å². The van der Waals surface area contributed by atoms with Crippen molar-refractivity contribution in [1.82, 2.24) is 9.97 Å². The predicted octanol–water partition coefficient (Wildman–Crippen LogP) is 9.51. The Balaban J connectivity index is 1.33. The van der Waals surface area contributed by atoms with E-state index in [0.717, 1.165) is 43.1 Å². The minimum absolute atomic E-state index is 0.605. The fourth-order valence-corrected chi connectivity index (χ4v) is 4.75. The average Bonchev–Trinajstić information content (AvgIpc) is 2.92. The van der Waals surface area contributed by atoms with Gasteiger partial charge in [-0.25, -0.2) is 9.97 Å². The first-order valence-corrected chi connectivity index (χ1v) is 14.6. The molecule has 0 saturated heterocycles. The Kier molecular flexibility index (Phi) is 13.3. The lowest BCUT2D eigenvalue weighted by Gasteiger charge is -2.22. The van der Waals surface area contributed by atoms with E-state index in [1.165, 1.54) is 76.2 Å². The van der Waals surface area contributed by atoms with Crippen molar-refractivity contribution in [3.8, 4) is 22.9 Å². The van der Waals surface area contributed by atoms with Gasteiger partial charge in [0.15, 0.2) is 11.6 Å². The fraction of sp³-hybridized carbons (Fsp3) is 0.576. The molecule has 0 N–H and O–H groups in total. The van der Waals surface area contributed by atoms with Crippen molar-refractivity contribution < 1.29 is 9.47 Å². The first kappa shape index (κ1) is 28.9.